The fourth-order valence-corrected chi connectivity index (χ4v) is 4.72. The molecule has 0 N–H and O–H groups in total. The van der Waals surface area contributed by atoms with Gasteiger partial charge >= 0.3 is 0 Å². The second-order valence-corrected chi connectivity index (χ2v) is 8.71. The molecule has 0 aromatic heterocycles. The Labute approximate surface area is 163 Å². The SMILES string of the molecule is Cc1ccc(C(=O)N2CCN(S(=O)(=O)c3cccc([N+](=O)[O-])c3)CC2)c(C)c1. The number of carbonyl (C=O) groups is 1. The van der Waals surface area contributed by atoms with Gasteiger partial charge < -0.3 is 4.90 Å². The topological polar surface area (TPSA) is 101 Å². The van der Waals surface area contributed by atoms with Crippen molar-refractivity contribution >= 4 is 21.6 Å². The molecule has 1 saturated heterocycles. The van der Waals surface area contributed by atoms with Crippen molar-refractivity contribution in [2.45, 2.75) is 18.7 Å². The summed E-state index contributed by atoms with van der Waals surface area (Å²) in [5, 5.41) is 10.9. The fourth-order valence-electron chi connectivity index (χ4n) is 3.26. The maximum Gasteiger partial charge on any atom is 0.270 e. The summed E-state index contributed by atoms with van der Waals surface area (Å²) in [6.45, 7) is 4.64. The molecule has 0 spiro atoms. The van der Waals surface area contributed by atoms with Crippen LogP contribution in [0.5, 0.6) is 0 Å². The highest BCUT2D eigenvalue weighted by molar-refractivity contribution is 7.89. The minimum Gasteiger partial charge on any atom is -0.336 e. The van der Waals surface area contributed by atoms with Crippen molar-refractivity contribution in [2.75, 3.05) is 26.2 Å². The molecular weight excluding hydrogens is 382 g/mol. The van der Waals surface area contributed by atoms with Crippen molar-refractivity contribution in [1.82, 2.24) is 9.21 Å². The zero-order chi connectivity index (χ0) is 20.5. The van der Waals surface area contributed by atoms with Crippen LogP contribution in [0.3, 0.4) is 0 Å². The number of piperazine rings is 1. The molecule has 9 heteroatoms. The molecule has 1 heterocycles. The van der Waals surface area contributed by atoms with Crippen LogP contribution in [-0.4, -0.2) is 54.6 Å². The number of amides is 1. The number of nitrogens with zero attached hydrogens (tertiary/aromatic N) is 3. The Morgan fingerprint density at radius 1 is 1.04 bits per heavy atom. The molecule has 2 aromatic rings. The summed E-state index contributed by atoms with van der Waals surface area (Å²) in [6.07, 6.45) is 0. The Balaban J connectivity index is 1.73. The van der Waals surface area contributed by atoms with E-state index in [0.717, 1.165) is 17.2 Å². The van der Waals surface area contributed by atoms with Crippen LogP contribution in [0.2, 0.25) is 0 Å². The number of benzene rings is 2. The second kappa shape index (κ2) is 7.69. The lowest BCUT2D eigenvalue weighted by molar-refractivity contribution is -0.385. The van der Waals surface area contributed by atoms with Crippen molar-refractivity contribution in [2.24, 2.45) is 0 Å². The summed E-state index contributed by atoms with van der Waals surface area (Å²) >= 11 is 0. The molecule has 1 aliphatic heterocycles. The number of nitro groups is 1. The average Bonchev–Trinajstić information content (AvgIpc) is 2.67. The van der Waals surface area contributed by atoms with Gasteiger partial charge in [-0.2, -0.15) is 4.31 Å². The maximum absolute atomic E-state index is 12.8. The first-order valence-corrected chi connectivity index (χ1v) is 10.3. The average molecular weight is 403 g/mol. The van der Waals surface area contributed by atoms with E-state index in [1.807, 2.05) is 26.0 Å². The van der Waals surface area contributed by atoms with Crippen LogP contribution < -0.4 is 0 Å². The third-order valence-electron chi connectivity index (χ3n) is 4.80. The van der Waals surface area contributed by atoms with Gasteiger partial charge in [-0.05, 0) is 31.5 Å². The largest absolute Gasteiger partial charge is 0.336 e. The summed E-state index contributed by atoms with van der Waals surface area (Å²) in [5.74, 6) is -0.120. The zero-order valence-electron chi connectivity index (χ0n) is 15.7. The smallest absolute Gasteiger partial charge is 0.270 e. The Bertz CT molecular complexity index is 1030. The van der Waals surface area contributed by atoms with Crippen LogP contribution in [0.1, 0.15) is 21.5 Å². The Hall–Kier alpha value is -2.78. The van der Waals surface area contributed by atoms with Gasteiger partial charge in [-0.1, -0.05) is 23.8 Å². The third kappa shape index (κ3) is 3.90. The predicted molar refractivity (Wildman–Crippen MR) is 104 cm³/mol. The van der Waals surface area contributed by atoms with Crippen molar-refractivity contribution < 1.29 is 18.1 Å². The molecule has 2 aromatic carbocycles. The summed E-state index contributed by atoms with van der Waals surface area (Å²) in [5.41, 5.74) is 2.30. The van der Waals surface area contributed by atoms with Gasteiger partial charge in [-0.25, -0.2) is 8.42 Å². The van der Waals surface area contributed by atoms with Gasteiger partial charge in [0.1, 0.15) is 0 Å². The van der Waals surface area contributed by atoms with Crippen LogP contribution >= 0.6 is 0 Å². The maximum atomic E-state index is 12.8. The van der Waals surface area contributed by atoms with Crippen molar-refractivity contribution in [1.29, 1.82) is 0 Å². The number of hydrogen-bond donors (Lipinski definition) is 0. The number of sulfonamides is 1. The lowest BCUT2D eigenvalue weighted by atomic mass is 10.0. The summed E-state index contributed by atoms with van der Waals surface area (Å²) < 4.78 is 26.9. The first kappa shape index (κ1) is 20.0. The molecule has 0 atom stereocenters. The molecule has 0 radical (unpaired) electrons. The van der Waals surface area contributed by atoms with Gasteiger partial charge in [0.05, 0.1) is 9.82 Å². The molecule has 1 aliphatic rings. The highest BCUT2D eigenvalue weighted by atomic mass is 32.2. The van der Waals surface area contributed by atoms with E-state index in [-0.39, 0.29) is 42.7 Å². The summed E-state index contributed by atoms with van der Waals surface area (Å²) in [7, 11) is -3.85. The standard InChI is InChI=1S/C19H21N3O5S/c1-14-6-7-18(15(2)12-14)19(23)20-8-10-21(11-9-20)28(26,27)17-5-3-4-16(13-17)22(24)25/h3-7,12-13H,8-11H2,1-2H3. The van der Waals surface area contributed by atoms with Gasteiger partial charge in [-0.15, -0.1) is 0 Å². The van der Waals surface area contributed by atoms with Crippen LogP contribution in [0, 0.1) is 24.0 Å². The number of non-ortho nitro benzene ring substituents is 1. The quantitative estimate of drug-likeness (QED) is 0.576. The van der Waals surface area contributed by atoms with Crippen molar-refractivity contribution in [3.63, 3.8) is 0 Å². The molecule has 1 amide bonds. The van der Waals surface area contributed by atoms with E-state index < -0.39 is 14.9 Å². The van der Waals surface area contributed by atoms with Gasteiger partial charge in [0.15, 0.2) is 0 Å². The lowest BCUT2D eigenvalue weighted by Crippen LogP contribution is -2.50. The number of aryl methyl sites for hydroxylation is 2. The van der Waals surface area contributed by atoms with E-state index in [1.54, 1.807) is 11.0 Å². The number of rotatable bonds is 4. The van der Waals surface area contributed by atoms with E-state index in [4.69, 9.17) is 0 Å². The minimum atomic E-state index is -3.85. The molecular formula is C19H21N3O5S. The van der Waals surface area contributed by atoms with Crippen LogP contribution in [0.25, 0.3) is 0 Å². The number of nitro benzene ring substituents is 1. The molecule has 3 rings (SSSR count). The summed E-state index contributed by atoms with van der Waals surface area (Å²) in [4.78, 5) is 24.6. The van der Waals surface area contributed by atoms with Gasteiger partial charge in [-0.3, -0.25) is 14.9 Å². The monoisotopic (exact) mass is 403 g/mol. The number of hydrogen-bond acceptors (Lipinski definition) is 5. The Morgan fingerprint density at radius 3 is 2.32 bits per heavy atom. The van der Waals surface area contributed by atoms with Crippen molar-refractivity contribution in [3.8, 4) is 0 Å². The van der Waals surface area contributed by atoms with E-state index in [1.165, 1.54) is 22.5 Å². The van der Waals surface area contributed by atoms with Crippen LogP contribution in [0.4, 0.5) is 5.69 Å². The van der Waals surface area contributed by atoms with Gasteiger partial charge in [0, 0.05) is 43.9 Å². The van der Waals surface area contributed by atoms with E-state index in [0.29, 0.717) is 5.56 Å². The highest BCUT2D eigenvalue weighted by Gasteiger charge is 2.31. The lowest BCUT2D eigenvalue weighted by Gasteiger charge is -2.34. The van der Waals surface area contributed by atoms with E-state index in [2.05, 4.69) is 0 Å². The highest BCUT2D eigenvalue weighted by Crippen LogP contribution is 2.23. The second-order valence-electron chi connectivity index (χ2n) is 6.77. The number of carbonyl (C=O) groups excluding carboxylic acids is 1. The Morgan fingerprint density at radius 2 is 1.71 bits per heavy atom. The Kier molecular flexibility index (Phi) is 5.48. The van der Waals surface area contributed by atoms with Gasteiger partial charge in [0.25, 0.3) is 11.6 Å². The summed E-state index contributed by atoms with van der Waals surface area (Å²) in [6, 6.07) is 10.6. The van der Waals surface area contributed by atoms with Crippen molar-refractivity contribution in [3.05, 3.63) is 69.3 Å². The molecule has 0 unspecified atom stereocenters. The molecule has 28 heavy (non-hydrogen) atoms. The molecule has 0 bridgehead atoms. The van der Waals surface area contributed by atoms with E-state index >= 15 is 0 Å². The zero-order valence-corrected chi connectivity index (χ0v) is 16.5. The third-order valence-corrected chi connectivity index (χ3v) is 6.70. The van der Waals surface area contributed by atoms with Crippen LogP contribution in [0.15, 0.2) is 47.4 Å². The molecule has 0 saturated carbocycles. The minimum absolute atomic E-state index is 0.115. The van der Waals surface area contributed by atoms with E-state index in [9.17, 15) is 23.3 Å². The molecule has 0 aliphatic carbocycles. The molecule has 148 valence electrons. The first-order chi connectivity index (χ1) is 13.2. The molecule has 8 nitrogen and oxygen atoms in total. The van der Waals surface area contributed by atoms with Gasteiger partial charge in [0.2, 0.25) is 10.0 Å². The fraction of sp³-hybridized carbons (Fsp3) is 0.316. The molecule has 1 fully saturated rings. The first-order valence-electron chi connectivity index (χ1n) is 8.81. The normalized spacial score (nSPS) is 15.4. The van der Waals surface area contributed by atoms with Crippen LogP contribution in [-0.2, 0) is 10.0 Å². The predicted octanol–water partition coefficient (Wildman–Crippen LogP) is 2.36.